The SMILES string of the molecule is C=c1oc(C)cc1=C1NN=C(SCC(=O)NC(C)C)O1. The molecule has 1 aromatic heterocycles. The highest BCUT2D eigenvalue weighted by atomic mass is 32.2. The molecule has 2 rings (SSSR count). The van der Waals surface area contributed by atoms with Gasteiger partial charge in [0.2, 0.25) is 11.8 Å². The molecule has 108 valence electrons. The van der Waals surface area contributed by atoms with Gasteiger partial charge < -0.3 is 14.5 Å². The fraction of sp³-hybridized carbons (Fsp3) is 0.385. The number of ether oxygens (including phenoxy) is 1. The van der Waals surface area contributed by atoms with Gasteiger partial charge in [0.05, 0.1) is 11.0 Å². The van der Waals surface area contributed by atoms with Gasteiger partial charge in [-0.1, -0.05) is 18.3 Å². The van der Waals surface area contributed by atoms with Crippen LogP contribution in [-0.2, 0) is 9.53 Å². The van der Waals surface area contributed by atoms with Crippen LogP contribution in [0.15, 0.2) is 15.6 Å². The van der Waals surface area contributed by atoms with E-state index in [9.17, 15) is 4.79 Å². The highest BCUT2D eigenvalue weighted by Crippen LogP contribution is 2.13. The van der Waals surface area contributed by atoms with E-state index in [-0.39, 0.29) is 17.7 Å². The third kappa shape index (κ3) is 3.57. The van der Waals surface area contributed by atoms with Crippen LogP contribution in [0.2, 0.25) is 0 Å². The zero-order valence-corrected chi connectivity index (χ0v) is 12.5. The maximum absolute atomic E-state index is 11.5. The predicted octanol–water partition coefficient (Wildman–Crippen LogP) is 0.213. The molecular formula is C13H17N3O3S. The van der Waals surface area contributed by atoms with Gasteiger partial charge in [0, 0.05) is 6.04 Å². The molecule has 2 heterocycles. The maximum atomic E-state index is 11.5. The zero-order valence-electron chi connectivity index (χ0n) is 11.6. The molecule has 6 nitrogen and oxygen atoms in total. The lowest BCUT2D eigenvalue weighted by molar-refractivity contribution is -0.119. The quantitative estimate of drug-likeness (QED) is 0.834. The minimum absolute atomic E-state index is 0.0539. The number of hydrazone groups is 1. The normalized spacial score (nSPS) is 16.7. The van der Waals surface area contributed by atoms with Gasteiger partial charge in [0.25, 0.3) is 5.23 Å². The van der Waals surface area contributed by atoms with Gasteiger partial charge in [-0.15, -0.1) is 5.10 Å². The average molecular weight is 295 g/mol. The summed E-state index contributed by atoms with van der Waals surface area (Å²) in [6.07, 6.45) is 0. The molecule has 0 aromatic carbocycles. The molecule has 1 aliphatic heterocycles. The number of aryl methyl sites for hydroxylation is 1. The molecule has 0 unspecified atom stereocenters. The number of carbonyl (C=O) groups excluding carboxylic acids is 1. The number of furan rings is 1. The summed E-state index contributed by atoms with van der Waals surface area (Å²) in [5.41, 5.74) is 3.29. The number of amides is 1. The average Bonchev–Trinajstić information content (AvgIpc) is 2.92. The van der Waals surface area contributed by atoms with Gasteiger partial charge in [0.1, 0.15) is 11.2 Å². The Labute approximate surface area is 120 Å². The van der Waals surface area contributed by atoms with Gasteiger partial charge in [-0.3, -0.25) is 4.79 Å². The van der Waals surface area contributed by atoms with Crippen molar-refractivity contribution in [2.24, 2.45) is 5.10 Å². The molecule has 1 amide bonds. The number of thioether (sulfide) groups is 1. The first-order valence-electron chi connectivity index (χ1n) is 6.19. The molecule has 0 aliphatic carbocycles. The highest BCUT2D eigenvalue weighted by molar-refractivity contribution is 8.14. The number of nitrogens with one attached hydrogen (secondary N) is 2. The molecular weight excluding hydrogens is 278 g/mol. The van der Waals surface area contributed by atoms with Crippen molar-refractivity contribution in [3.8, 4) is 0 Å². The molecule has 0 radical (unpaired) electrons. The van der Waals surface area contributed by atoms with Crippen LogP contribution >= 0.6 is 11.8 Å². The summed E-state index contributed by atoms with van der Waals surface area (Å²) in [7, 11) is 0. The van der Waals surface area contributed by atoms with E-state index in [0.29, 0.717) is 16.5 Å². The Morgan fingerprint density at radius 3 is 2.95 bits per heavy atom. The Balaban J connectivity index is 1.96. The topological polar surface area (TPSA) is 75.9 Å². The fourth-order valence-corrected chi connectivity index (χ4v) is 2.24. The number of carbonyl (C=O) groups is 1. The summed E-state index contributed by atoms with van der Waals surface area (Å²) in [5.74, 6) is 1.42. The van der Waals surface area contributed by atoms with Crippen LogP contribution in [0.4, 0.5) is 0 Å². The monoisotopic (exact) mass is 295 g/mol. The standard InChI is InChI=1S/C13H17N3O3S/c1-7(2)14-11(17)6-20-13-16-15-12(19-13)10-5-8(3)18-9(10)4/h5,7,15H,4,6H2,1-3H3,(H,14,17). The van der Waals surface area contributed by atoms with Crippen LogP contribution in [0.3, 0.4) is 0 Å². The van der Waals surface area contributed by atoms with Crippen LogP contribution in [-0.4, -0.2) is 22.9 Å². The van der Waals surface area contributed by atoms with Crippen molar-refractivity contribution in [1.29, 1.82) is 0 Å². The Morgan fingerprint density at radius 2 is 2.35 bits per heavy atom. The minimum Gasteiger partial charge on any atom is -0.462 e. The molecule has 1 aromatic rings. The Kier molecular flexibility index (Phi) is 4.39. The van der Waals surface area contributed by atoms with E-state index < -0.39 is 0 Å². The zero-order chi connectivity index (χ0) is 14.7. The summed E-state index contributed by atoms with van der Waals surface area (Å²) in [5, 5.41) is 7.95. The van der Waals surface area contributed by atoms with Crippen molar-refractivity contribution in [2.45, 2.75) is 26.8 Å². The predicted molar refractivity (Wildman–Crippen MR) is 79.0 cm³/mol. The van der Waals surface area contributed by atoms with Gasteiger partial charge >= 0.3 is 0 Å². The Morgan fingerprint density at radius 1 is 1.60 bits per heavy atom. The second-order valence-electron chi connectivity index (χ2n) is 4.63. The van der Waals surface area contributed by atoms with Crippen molar-refractivity contribution in [2.75, 3.05) is 5.75 Å². The molecule has 0 spiro atoms. The summed E-state index contributed by atoms with van der Waals surface area (Å²) >= 11 is 1.23. The van der Waals surface area contributed by atoms with Crippen LogP contribution < -0.4 is 21.4 Å². The lowest BCUT2D eigenvalue weighted by atomic mass is 10.4. The fourth-order valence-electron chi connectivity index (χ4n) is 1.65. The van der Waals surface area contributed by atoms with E-state index in [1.165, 1.54) is 11.8 Å². The molecule has 2 N–H and O–H groups in total. The molecule has 0 bridgehead atoms. The second kappa shape index (κ2) is 6.04. The van der Waals surface area contributed by atoms with Crippen LogP contribution in [0.25, 0.3) is 12.5 Å². The van der Waals surface area contributed by atoms with Crippen molar-refractivity contribution in [3.63, 3.8) is 0 Å². The largest absolute Gasteiger partial charge is 0.462 e. The molecule has 1 aliphatic rings. The van der Waals surface area contributed by atoms with Gasteiger partial charge in [-0.2, -0.15) is 0 Å². The Hall–Kier alpha value is -1.89. The number of rotatable bonds is 3. The van der Waals surface area contributed by atoms with Gasteiger partial charge in [-0.05, 0) is 26.8 Å². The van der Waals surface area contributed by atoms with Crippen LogP contribution in [0, 0.1) is 6.92 Å². The summed E-state index contributed by atoms with van der Waals surface area (Å²) in [4.78, 5) is 11.5. The molecule has 0 saturated heterocycles. The van der Waals surface area contributed by atoms with Crippen molar-refractivity contribution < 1.29 is 13.9 Å². The maximum Gasteiger partial charge on any atom is 0.275 e. The van der Waals surface area contributed by atoms with E-state index in [4.69, 9.17) is 9.15 Å². The summed E-state index contributed by atoms with van der Waals surface area (Å²) < 4.78 is 10.9. The van der Waals surface area contributed by atoms with Crippen molar-refractivity contribution >= 4 is 35.4 Å². The lowest BCUT2D eigenvalue weighted by Crippen LogP contribution is -2.31. The van der Waals surface area contributed by atoms with Gasteiger partial charge in [0.15, 0.2) is 0 Å². The van der Waals surface area contributed by atoms with E-state index in [1.54, 1.807) is 0 Å². The van der Waals surface area contributed by atoms with Gasteiger partial charge in [-0.25, -0.2) is 5.43 Å². The highest BCUT2D eigenvalue weighted by Gasteiger charge is 2.17. The van der Waals surface area contributed by atoms with E-state index >= 15 is 0 Å². The molecule has 0 saturated carbocycles. The first-order valence-corrected chi connectivity index (χ1v) is 7.17. The van der Waals surface area contributed by atoms with Crippen LogP contribution in [0.1, 0.15) is 19.6 Å². The smallest absolute Gasteiger partial charge is 0.275 e. The first kappa shape index (κ1) is 14.5. The summed E-state index contributed by atoms with van der Waals surface area (Å²) in [6, 6.07) is 1.94. The lowest BCUT2D eigenvalue weighted by Gasteiger charge is -2.07. The number of nitrogens with zero attached hydrogens (tertiary/aromatic N) is 1. The number of hydrogen-bond acceptors (Lipinski definition) is 6. The molecule has 7 heteroatoms. The Bertz CT molecular complexity index is 648. The van der Waals surface area contributed by atoms with E-state index in [2.05, 4.69) is 22.4 Å². The van der Waals surface area contributed by atoms with Crippen molar-refractivity contribution in [3.05, 3.63) is 22.5 Å². The van der Waals surface area contributed by atoms with E-state index in [1.807, 2.05) is 26.8 Å². The molecule has 20 heavy (non-hydrogen) atoms. The third-order valence-electron chi connectivity index (χ3n) is 2.39. The van der Waals surface area contributed by atoms with Crippen molar-refractivity contribution in [1.82, 2.24) is 10.7 Å². The van der Waals surface area contributed by atoms with Crippen LogP contribution in [0.5, 0.6) is 0 Å². The minimum atomic E-state index is -0.0539. The molecule has 0 fully saturated rings. The third-order valence-corrected chi connectivity index (χ3v) is 3.22. The second-order valence-corrected chi connectivity index (χ2v) is 5.55. The number of hydrogen-bond donors (Lipinski definition) is 2. The summed E-state index contributed by atoms with van der Waals surface area (Å²) in [6.45, 7) is 9.45. The van der Waals surface area contributed by atoms with E-state index in [0.717, 1.165) is 11.0 Å². The first-order chi connectivity index (χ1) is 9.45. The molecule has 0 atom stereocenters.